The van der Waals surface area contributed by atoms with Crippen molar-refractivity contribution < 1.29 is 4.79 Å². The number of amides is 1. The van der Waals surface area contributed by atoms with Crippen LogP contribution in [0.1, 0.15) is 41.6 Å². The third-order valence-electron chi connectivity index (χ3n) is 6.05. The Morgan fingerprint density at radius 2 is 2.16 bits per heavy atom. The van der Waals surface area contributed by atoms with Gasteiger partial charge in [0, 0.05) is 44.4 Å². The summed E-state index contributed by atoms with van der Waals surface area (Å²) in [6.07, 6.45) is 12.3. The van der Waals surface area contributed by atoms with Crippen molar-refractivity contribution in [2.24, 2.45) is 12.5 Å². The van der Waals surface area contributed by atoms with E-state index >= 15 is 0 Å². The number of nitrogens with one attached hydrogen (secondary N) is 1. The van der Waals surface area contributed by atoms with Crippen LogP contribution >= 0.6 is 0 Å². The van der Waals surface area contributed by atoms with Crippen molar-refractivity contribution >= 4 is 5.91 Å². The van der Waals surface area contributed by atoms with Gasteiger partial charge in [-0.05, 0) is 61.9 Å². The van der Waals surface area contributed by atoms with Gasteiger partial charge in [-0.25, -0.2) is 0 Å². The Hall–Kier alpha value is -2.14. The number of aromatic nitrogens is 2. The Balaban J connectivity index is 1.32. The van der Waals surface area contributed by atoms with Gasteiger partial charge in [-0.3, -0.25) is 14.7 Å². The number of hydrogen-bond donors (Lipinski definition) is 1. The SMILES string of the molecule is Cn1ccc(C(=O)N[C@@H]2CCC23CCN(Cc2cccnc2)CC3)c1. The average molecular weight is 338 g/mol. The van der Waals surface area contributed by atoms with E-state index in [9.17, 15) is 4.79 Å². The van der Waals surface area contributed by atoms with Crippen LogP contribution in [0.4, 0.5) is 0 Å². The molecular formula is C20H26N4O. The molecule has 2 aliphatic rings. The summed E-state index contributed by atoms with van der Waals surface area (Å²) < 4.78 is 1.92. The predicted molar refractivity (Wildman–Crippen MR) is 97.1 cm³/mol. The standard InChI is InChI=1S/C20H26N4O/c1-23-10-5-17(15-23)19(25)22-18-4-6-20(18)7-11-24(12-8-20)14-16-3-2-9-21-13-16/h2-3,5,9-10,13,15,18H,4,6-8,11-12,14H2,1H3,(H,22,25)/t18-/m1/s1. The van der Waals surface area contributed by atoms with Crippen molar-refractivity contribution in [3.8, 4) is 0 Å². The second-order valence-corrected chi connectivity index (χ2v) is 7.63. The van der Waals surface area contributed by atoms with Gasteiger partial charge in [0.25, 0.3) is 5.91 Å². The third-order valence-corrected chi connectivity index (χ3v) is 6.05. The fourth-order valence-corrected chi connectivity index (χ4v) is 4.31. The van der Waals surface area contributed by atoms with Crippen LogP contribution in [0.3, 0.4) is 0 Å². The highest BCUT2D eigenvalue weighted by Crippen LogP contribution is 2.49. The van der Waals surface area contributed by atoms with E-state index in [0.717, 1.165) is 31.6 Å². The molecule has 1 saturated heterocycles. The minimum Gasteiger partial charge on any atom is -0.356 e. The Bertz CT molecular complexity index is 731. The van der Waals surface area contributed by atoms with Gasteiger partial charge in [0.05, 0.1) is 5.56 Å². The molecule has 1 aliphatic heterocycles. The molecule has 1 spiro atoms. The van der Waals surface area contributed by atoms with Crippen LogP contribution in [0.5, 0.6) is 0 Å². The molecule has 5 nitrogen and oxygen atoms in total. The highest BCUT2D eigenvalue weighted by molar-refractivity contribution is 5.94. The van der Waals surface area contributed by atoms with Crippen LogP contribution in [0, 0.1) is 5.41 Å². The average Bonchev–Trinajstić information content (AvgIpc) is 3.07. The molecule has 25 heavy (non-hydrogen) atoms. The Labute approximate surface area is 149 Å². The van der Waals surface area contributed by atoms with Crippen LogP contribution < -0.4 is 5.32 Å². The molecule has 2 aromatic rings. The van der Waals surface area contributed by atoms with Crippen molar-refractivity contribution in [1.82, 2.24) is 19.8 Å². The molecule has 3 heterocycles. The summed E-state index contributed by atoms with van der Waals surface area (Å²) >= 11 is 0. The molecule has 0 radical (unpaired) electrons. The first-order valence-corrected chi connectivity index (χ1v) is 9.19. The quantitative estimate of drug-likeness (QED) is 0.932. The smallest absolute Gasteiger partial charge is 0.253 e. The van der Waals surface area contributed by atoms with E-state index in [0.29, 0.717) is 11.5 Å². The van der Waals surface area contributed by atoms with Crippen molar-refractivity contribution in [3.05, 3.63) is 54.1 Å². The monoisotopic (exact) mass is 338 g/mol. The summed E-state index contributed by atoms with van der Waals surface area (Å²) in [5.74, 6) is 0.0717. The lowest BCUT2D eigenvalue weighted by Crippen LogP contribution is -2.59. The zero-order valence-corrected chi connectivity index (χ0v) is 14.8. The van der Waals surface area contributed by atoms with Gasteiger partial charge in [-0.15, -0.1) is 0 Å². The largest absolute Gasteiger partial charge is 0.356 e. The first kappa shape index (κ1) is 16.3. The highest BCUT2D eigenvalue weighted by Gasteiger charge is 2.48. The van der Waals surface area contributed by atoms with Crippen LogP contribution in [-0.2, 0) is 13.6 Å². The number of piperidine rings is 1. The van der Waals surface area contributed by atoms with E-state index in [1.165, 1.54) is 24.8 Å². The lowest BCUT2D eigenvalue weighted by Gasteiger charge is -2.54. The van der Waals surface area contributed by atoms with E-state index in [1.54, 1.807) is 0 Å². The van der Waals surface area contributed by atoms with E-state index < -0.39 is 0 Å². The second kappa shape index (κ2) is 6.64. The summed E-state index contributed by atoms with van der Waals surface area (Å²) in [4.78, 5) is 19.2. The molecule has 0 bridgehead atoms. The van der Waals surface area contributed by atoms with Crippen molar-refractivity contribution in [2.75, 3.05) is 13.1 Å². The number of carbonyl (C=O) groups is 1. The third kappa shape index (κ3) is 3.33. The van der Waals surface area contributed by atoms with E-state index in [2.05, 4.69) is 21.3 Å². The molecule has 2 fully saturated rings. The maximum atomic E-state index is 12.5. The van der Waals surface area contributed by atoms with Crippen LogP contribution in [0.2, 0.25) is 0 Å². The fourth-order valence-electron chi connectivity index (χ4n) is 4.31. The summed E-state index contributed by atoms with van der Waals surface area (Å²) in [5.41, 5.74) is 2.36. The van der Waals surface area contributed by atoms with Gasteiger partial charge >= 0.3 is 0 Å². The Morgan fingerprint density at radius 3 is 2.76 bits per heavy atom. The molecule has 4 rings (SSSR count). The van der Waals surface area contributed by atoms with Crippen molar-refractivity contribution in [2.45, 2.75) is 38.3 Å². The number of hydrogen-bond acceptors (Lipinski definition) is 3. The fraction of sp³-hybridized carbons (Fsp3) is 0.500. The molecule has 1 atom stereocenters. The van der Waals surface area contributed by atoms with Crippen LogP contribution in [0.15, 0.2) is 43.0 Å². The summed E-state index contributed by atoms with van der Waals surface area (Å²) in [6.45, 7) is 3.18. The first-order chi connectivity index (χ1) is 12.1. The minimum atomic E-state index is 0.0717. The van der Waals surface area contributed by atoms with Crippen LogP contribution in [-0.4, -0.2) is 39.5 Å². The zero-order valence-electron chi connectivity index (χ0n) is 14.8. The Morgan fingerprint density at radius 1 is 1.32 bits per heavy atom. The molecule has 0 unspecified atom stereocenters. The molecular weight excluding hydrogens is 312 g/mol. The van der Waals surface area contributed by atoms with Crippen molar-refractivity contribution in [3.63, 3.8) is 0 Å². The predicted octanol–water partition coefficient (Wildman–Crippen LogP) is 2.59. The number of rotatable bonds is 4. The number of nitrogens with zero attached hydrogens (tertiary/aromatic N) is 3. The molecule has 1 amide bonds. The number of aryl methyl sites for hydroxylation is 1. The van der Waals surface area contributed by atoms with Gasteiger partial charge < -0.3 is 9.88 Å². The van der Waals surface area contributed by atoms with Gasteiger partial charge in [-0.1, -0.05) is 6.07 Å². The molecule has 2 aromatic heterocycles. The maximum absolute atomic E-state index is 12.5. The van der Waals surface area contributed by atoms with E-state index in [-0.39, 0.29) is 5.91 Å². The maximum Gasteiger partial charge on any atom is 0.253 e. The summed E-state index contributed by atoms with van der Waals surface area (Å²) in [6, 6.07) is 6.36. The molecule has 132 valence electrons. The number of carbonyl (C=O) groups excluding carboxylic acids is 1. The normalized spacial score (nSPS) is 22.5. The van der Waals surface area contributed by atoms with Gasteiger partial charge in [-0.2, -0.15) is 0 Å². The lowest BCUT2D eigenvalue weighted by atomic mass is 9.59. The second-order valence-electron chi connectivity index (χ2n) is 7.63. The highest BCUT2D eigenvalue weighted by atomic mass is 16.1. The molecule has 5 heteroatoms. The molecule has 1 N–H and O–H groups in total. The first-order valence-electron chi connectivity index (χ1n) is 9.19. The Kier molecular flexibility index (Phi) is 4.34. The summed E-state index contributed by atoms with van der Waals surface area (Å²) in [5, 5.41) is 3.29. The van der Waals surface area contributed by atoms with Crippen LogP contribution in [0.25, 0.3) is 0 Å². The molecule has 1 aliphatic carbocycles. The van der Waals surface area contributed by atoms with Gasteiger partial charge in [0.1, 0.15) is 0 Å². The number of likely N-dealkylation sites (tertiary alicyclic amines) is 1. The van der Waals surface area contributed by atoms with E-state index in [4.69, 9.17) is 0 Å². The summed E-state index contributed by atoms with van der Waals surface area (Å²) in [7, 11) is 1.94. The van der Waals surface area contributed by atoms with Gasteiger partial charge in [0.15, 0.2) is 0 Å². The number of pyridine rings is 1. The molecule has 1 saturated carbocycles. The topological polar surface area (TPSA) is 50.2 Å². The minimum absolute atomic E-state index is 0.0717. The van der Waals surface area contributed by atoms with E-state index in [1.807, 2.05) is 48.5 Å². The van der Waals surface area contributed by atoms with Crippen molar-refractivity contribution in [1.29, 1.82) is 0 Å². The molecule has 0 aromatic carbocycles. The zero-order chi connectivity index (χ0) is 17.3. The lowest BCUT2D eigenvalue weighted by molar-refractivity contribution is -0.00712. The van der Waals surface area contributed by atoms with Gasteiger partial charge in [0.2, 0.25) is 0 Å².